The minimum absolute atomic E-state index is 0.161. The van der Waals surface area contributed by atoms with Crippen molar-refractivity contribution in [2.24, 2.45) is 0 Å². The molecule has 2 aromatic rings. The Balaban J connectivity index is 2.25. The van der Waals surface area contributed by atoms with Gasteiger partial charge < -0.3 is 4.74 Å². The van der Waals surface area contributed by atoms with E-state index < -0.39 is 0 Å². The molecule has 3 heteroatoms. The van der Waals surface area contributed by atoms with E-state index in [1.54, 1.807) is 24.3 Å². The van der Waals surface area contributed by atoms with Crippen molar-refractivity contribution in [2.75, 3.05) is 0 Å². The average Bonchev–Trinajstić information content (AvgIpc) is 2.67. The van der Waals surface area contributed by atoms with Gasteiger partial charge in [-0.2, -0.15) is 10.5 Å². The first-order valence-corrected chi connectivity index (χ1v) is 8.09. The van der Waals surface area contributed by atoms with Crippen LogP contribution in [0.1, 0.15) is 47.3 Å². The van der Waals surface area contributed by atoms with Crippen molar-refractivity contribution in [3.05, 3.63) is 96.1 Å². The van der Waals surface area contributed by atoms with Gasteiger partial charge in [0.05, 0.1) is 35.5 Å². The van der Waals surface area contributed by atoms with Crippen molar-refractivity contribution in [3.8, 4) is 12.1 Å². The fourth-order valence-electron chi connectivity index (χ4n) is 2.59. The van der Waals surface area contributed by atoms with E-state index in [2.05, 4.69) is 25.3 Å². The Bertz CT molecular complexity index is 722. The zero-order valence-electron chi connectivity index (χ0n) is 14.1. The molecule has 2 unspecified atom stereocenters. The SMILES string of the molecule is C=CCC(OC(CC=C)c1ccc(C#N)cc1)c1ccc(C#N)cc1. The summed E-state index contributed by atoms with van der Waals surface area (Å²) in [4.78, 5) is 0. The maximum absolute atomic E-state index is 8.95. The summed E-state index contributed by atoms with van der Waals surface area (Å²) in [6, 6.07) is 19.1. The van der Waals surface area contributed by atoms with E-state index in [1.165, 1.54) is 0 Å². The highest BCUT2D eigenvalue weighted by Gasteiger charge is 2.18. The average molecular weight is 328 g/mol. The molecule has 0 heterocycles. The highest BCUT2D eigenvalue weighted by atomic mass is 16.5. The van der Waals surface area contributed by atoms with Crippen LogP contribution in [0.2, 0.25) is 0 Å². The predicted molar refractivity (Wildman–Crippen MR) is 98.5 cm³/mol. The molecule has 2 atom stereocenters. The third-order valence-electron chi connectivity index (χ3n) is 3.91. The lowest BCUT2D eigenvalue weighted by Crippen LogP contribution is -2.10. The maximum atomic E-state index is 8.95. The Morgan fingerprint density at radius 1 is 0.760 bits per heavy atom. The molecule has 3 nitrogen and oxygen atoms in total. The Morgan fingerprint density at radius 2 is 1.12 bits per heavy atom. The second-order valence-electron chi connectivity index (χ2n) is 5.63. The summed E-state index contributed by atoms with van der Waals surface area (Å²) in [5.41, 5.74) is 3.25. The number of rotatable bonds is 8. The molecule has 0 aromatic heterocycles. The van der Waals surface area contributed by atoms with E-state index in [4.69, 9.17) is 15.3 Å². The van der Waals surface area contributed by atoms with E-state index in [-0.39, 0.29) is 12.2 Å². The van der Waals surface area contributed by atoms with Crippen LogP contribution in [-0.2, 0) is 4.74 Å². The molecule has 25 heavy (non-hydrogen) atoms. The highest BCUT2D eigenvalue weighted by molar-refractivity contribution is 5.34. The topological polar surface area (TPSA) is 56.8 Å². The molecule has 0 N–H and O–H groups in total. The van der Waals surface area contributed by atoms with Gasteiger partial charge in [0.2, 0.25) is 0 Å². The van der Waals surface area contributed by atoms with Crippen LogP contribution in [0, 0.1) is 22.7 Å². The lowest BCUT2D eigenvalue weighted by atomic mass is 10.0. The molecule has 2 aromatic carbocycles. The van der Waals surface area contributed by atoms with Crippen LogP contribution in [0.4, 0.5) is 0 Å². The smallest absolute Gasteiger partial charge is 0.0991 e. The number of hydrogen-bond donors (Lipinski definition) is 0. The van der Waals surface area contributed by atoms with Crippen LogP contribution >= 0.6 is 0 Å². The molecular weight excluding hydrogens is 308 g/mol. The first-order chi connectivity index (χ1) is 12.2. The van der Waals surface area contributed by atoms with Crippen LogP contribution in [0.3, 0.4) is 0 Å². The van der Waals surface area contributed by atoms with E-state index >= 15 is 0 Å². The number of nitriles is 2. The highest BCUT2D eigenvalue weighted by Crippen LogP contribution is 2.32. The zero-order valence-corrected chi connectivity index (χ0v) is 14.1. The molecule has 124 valence electrons. The van der Waals surface area contributed by atoms with Crippen LogP contribution < -0.4 is 0 Å². The van der Waals surface area contributed by atoms with Gasteiger partial charge in [-0.1, -0.05) is 36.4 Å². The molecule has 0 saturated carbocycles. The number of ether oxygens (including phenoxy) is 1. The second kappa shape index (κ2) is 9.23. The van der Waals surface area contributed by atoms with Crippen molar-refractivity contribution < 1.29 is 4.74 Å². The number of nitrogens with zero attached hydrogens (tertiary/aromatic N) is 2. The second-order valence-corrected chi connectivity index (χ2v) is 5.63. The third-order valence-corrected chi connectivity index (χ3v) is 3.91. The standard InChI is InChI=1S/C22H20N2O/c1-3-5-21(19-11-7-17(15-23)8-12-19)25-22(6-4-2)20-13-9-18(16-24)10-14-20/h3-4,7-14,21-22H,1-2,5-6H2. The molecular formula is C22H20N2O. The fourth-order valence-corrected chi connectivity index (χ4v) is 2.59. The van der Waals surface area contributed by atoms with Gasteiger partial charge >= 0.3 is 0 Å². The molecule has 0 saturated heterocycles. The van der Waals surface area contributed by atoms with Crippen molar-refractivity contribution in [2.45, 2.75) is 25.0 Å². The monoisotopic (exact) mass is 328 g/mol. The predicted octanol–water partition coefficient (Wildman–Crippen LogP) is 5.38. The van der Waals surface area contributed by atoms with Crippen LogP contribution in [0.25, 0.3) is 0 Å². The fraction of sp³-hybridized carbons (Fsp3) is 0.182. The van der Waals surface area contributed by atoms with Gasteiger partial charge in [0.1, 0.15) is 0 Å². The molecule has 0 fully saturated rings. The molecule has 0 bridgehead atoms. The molecule has 2 rings (SSSR count). The van der Waals surface area contributed by atoms with E-state index in [0.29, 0.717) is 24.0 Å². The van der Waals surface area contributed by atoms with Crippen molar-refractivity contribution in [1.29, 1.82) is 10.5 Å². The molecule has 0 amide bonds. The zero-order chi connectivity index (χ0) is 18.1. The van der Waals surface area contributed by atoms with E-state index in [1.807, 2.05) is 36.4 Å². The Kier molecular flexibility index (Phi) is 6.72. The molecule has 0 aliphatic carbocycles. The Hall–Kier alpha value is -3.14. The van der Waals surface area contributed by atoms with Gasteiger partial charge in [-0.25, -0.2) is 0 Å². The first kappa shape index (κ1) is 18.2. The quantitative estimate of drug-likeness (QED) is 0.611. The lowest BCUT2D eigenvalue weighted by Gasteiger charge is -2.24. The summed E-state index contributed by atoms with van der Waals surface area (Å²) in [6.07, 6.45) is 4.65. The van der Waals surface area contributed by atoms with Gasteiger partial charge in [0.25, 0.3) is 0 Å². The normalized spacial score (nSPS) is 12.4. The van der Waals surface area contributed by atoms with Gasteiger partial charge in [0, 0.05) is 0 Å². The minimum Gasteiger partial charge on any atom is -0.365 e. The van der Waals surface area contributed by atoms with Crippen molar-refractivity contribution in [1.82, 2.24) is 0 Å². The van der Waals surface area contributed by atoms with Gasteiger partial charge in [0.15, 0.2) is 0 Å². The molecule has 0 spiro atoms. The van der Waals surface area contributed by atoms with Crippen LogP contribution in [0.15, 0.2) is 73.8 Å². The number of hydrogen-bond acceptors (Lipinski definition) is 3. The van der Waals surface area contributed by atoms with E-state index in [0.717, 1.165) is 11.1 Å². The summed E-state index contributed by atoms with van der Waals surface area (Å²) in [6.45, 7) is 7.64. The summed E-state index contributed by atoms with van der Waals surface area (Å²) >= 11 is 0. The van der Waals surface area contributed by atoms with Gasteiger partial charge in [-0.3, -0.25) is 0 Å². The first-order valence-electron chi connectivity index (χ1n) is 8.09. The van der Waals surface area contributed by atoms with Crippen molar-refractivity contribution >= 4 is 0 Å². The van der Waals surface area contributed by atoms with Gasteiger partial charge in [-0.05, 0) is 48.2 Å². The minimum atomic E-state index is -0.161. The molecule has 0 aliphatic heterocycles. The summed E-state index contributed by atoms with van der Waals surface area (Å²) in [5.74, 6) is 0. The molecule has 0 aliphatic rings. The summed E-state index contributed by atoms with van der Waals surface area (Å²) in [5, 5.41) is 17.9. The van der Waals surface area contributed by atoms with Crippen molar-refractivity contribution in [3.63, 3.8) is 0 Å². The molecule has 0 radical (unpaired) electrons. The largest absolute Gasteiger partial charge is 0.365 e. The third kappa shape index (κ3) is 4.91. The maximum Gasteiger partial charge on any atom is 0.0991 e. The summed E-state index contributed by atoms with van der Waals surface area (Å²) < 4.78 is 6.34. The Morgan fingerprint density at radius 3 is 1.40 bits per heavy atom. The summed E-state index contributed by atoms with van der Waals surface area (Å²) in [7, 11) is 0. The Labute approximate surface area is 149 Å². The number of benzene rings is 2. The lowest BCUT2D eigenvalue weighted by molar-refractivity contribution is -0.0120. The van der Waals surface area contributed by atoms with E-state index in [9.17, 15) is 0 Å². The van der Waals surface area contributed by atoms with Crippen LogP contribution in [0.5, 0.6) is 0 Å². The van der Waals surface area contributed by atoms with Gasteiger partial charge in [-0.15, -0.1) is 13.2 Å². The van der Waals surface area contributed by atoms with Crippen LogP contribution in [-0.4, -0.2) is 0 Å².